The summed E-state index contributed by atoms with van der Waals surface area (Å²) in [5, 5.41) is 17.0. The van der Waals surface area contributed by atoms with Gasteiger partial charge in [0.2, 0.25) is 0 Å². The Bertz CT molecular complexity index is 739. The molecule has 29 heavy (non-hydrogen) atoms. The Labute approximate surface area is 170 Å². The van der Waals surface area contributed by atoms with Crippen molar-refractivity contribution in [2.75, 3.05) is 32.2 Å². The summed E-state index contributed by atoms with van der Waals surface area (Å²) in [5.74, 6) is -0.281. The largest absolute Gasteiger partial charge is 0.452 e. The number of carbonyl (C=O) groups excluding carboxylic acids is 2. The van der Waals surface area contributed by atoms with Crippen molar-refractivity contribution in [1.82, 2.24) is 5.32 Å². The van der Waals surface area contributed by atoms with Crippen LogP contribution in [0.4, 0.5) is 11.4 Å². The first-order chi connectivity index (χ1) is 13.8. The van der Waals surface area contributed by atoms with E-state index in [1.54, 1.807) is 7.11 Å². The van der Waals surface area contributed by atoms with E-state index in [-0.39, 0.29) is 23.2 Å². The van der Waals surface area contributed by atoms with Crippen LogP contribution < -0.4 is 10.6 Å². The van der Waals surface area contributed by atoms with Crippen LogP contribution in [0.15, 0.2) is 18.2 Å². The maximum Gasteiger partial charge on any atom is 0.341 e. The van der Waals surface area contributed by atoms with Crippen molar-refractivity contribution in [3.63, 3.8) is 0 Å². The minimum atomic E-state index is -0.797. The van der Waals surface area contributed by atoms with Crippen LogP contribution in [0.5, 0.6) is 0 Å². The van der Waals surface area contributed by atoms with Gasteiger partial charge in [-0.25, -0.2) is 4.79 Å². The van der Waals surface area contributed by atoms with E-state index in [0.717, 1.165) is 25.3 Å². The van der Waals surface area contributed by atoms with Gasteiger partial charge in [0.25, 0.3) is 11.6 Å². The van der Waals surface area contributed by atoms with Gasteiger partial charge in [0.1, 0.15) is 0 Å². The molecule has 2 rings (SSSR count). The third-order valence-electron chi connectivity index (χ3n) is 5.44. The van der Waals surface area contributed by atoms with E-state index in [9.17, 15) is 19.7 Å². The molecule has 1 fully saturated rings. The Balaban J connectivity index is 2.00. The number of carbonyl (C=O) groups is 2. The average molecular weight is 407 g/mol. The van der Waals surface area contributed by atoms with Crippen LogP contribution in [-0.2, 0) is 14.3 Å². The lowest BCUT2D eigenvalue weighted by Gasteiger charge is -2.34. The molecule has 1 amide bonds. The molecule has 0 aromatic heterocycles. The van der Waals surface area contributed by atoms with Gasteiger partial charge in [-0.2, -0.15) is 0 Å². The standard InChI is InChI=1S/C20H29N3O6/c1-13-5-4-6-17(14(13)2)22-19(24)12-29-20(25)16-11-15(23(26)27)7-8-18(16)21-9-10-28-3/h7-8,11,13-14,17,21H,4-6,9-10,12H2,1-3H3,(H,22,24)/t13-,14-,17+/m1/s1. The smallest absolute Gasteiger partial charge is 0.341 e. The summed E-state index contributed by atoms with van der Waals surface area (Å²) in [6.07, 6.45) is 3.11. The zero-order chi connectivity index (χ0) is 21.4. The molecule has 0 bridgehead atoms. The first-order valence-electron chi connectivity index (χ1n) is 9.81. The van der Waals surface area contributed by atoms with Gasteiger partial charge in [0.05, 0.1) is 17.1 Å². The number of hydrogen-bond acceptors (Lipinski definition) is 7. The van der Waals surface area contributed by atoms with E-state index >= 15 is 0 Å². The van der Waals surface area contributed by atoms with Crippen molar-refractivity contribution < 1.29 is 24.0 Å². The molecule has 3 atom stereocenters. The van der Waals surface area contributed by atoms with Gasteiger partial charge >= 0.3 is 5.97 Å². The minimum Gasteiger partial charge on any atom is -0.452 e. The third kappa shape index (κ3) is 6.42. The van der Waals surface area contributed by atoms with Crippen molar-refractivity contribution >= 4 is 23.3 Å². The van der Waals surface area contributed by atoms with E-state index in [1.165, 1.54) is 12.1 Å². The molecule has 0 radical (unpaired) electrons. The Morgan fingerprint density at radius 3 is 2.72 bits per heavy atom. The molecule has 1 aromatic rings. The van der Waals surface area contributed by atoms with Crippen LogP contribution >= 0.6 is 0 Å². The zero-order valence-corrected chi connectivity index (χ0v) is 17.1. The Morgan fingerprint density at radius 1 is 1.28 bits per heavy atom. The van der Waals surface area contributed by atoms with Crippen molar-refractivity contribution in [2.45, 2.75) is 39.2 Å². The van der Waals surface area contributed by atoms with Gasteiger partial charge in [-0.05, 0) is 24.3 Å². The molecule has 2 N–H and O–H groups in total. The first-order valence-corrected chi connectivity index (χ1v) is 9.81. The molecule has 9 heteroatoms. The molecule has 1 saturated carbocycles. The number of nitro benzene ring substituents is 1. The second-order valence-electron chi connectivity index (χ2n) is 7.42. The molecule has 9 nitrogen and oxygen atoms in total. The fourth-order valence-corrected chi connectivity index (χ4v) is 3.50. The van der Waals surface area contributed by atoms with Crippen LogP contribution in [0.25, 0.3) is 0 Å². The van der Waals surface area contributed by atoms with Gasteiger partial charge in [-0.1, -0.05) is 26.7 Å². The van der Waals surface area contributed by atoms with Crippen LogP contribution in [-0.4, -0.2) is 49.7 Å². The number of nitro groups is 1. The van der Waals surface area contributed by atoms with E-state index in [2.05, 4.69) is 24.5 Å². The number of esters is 1. The fourth-order valence-electron chi connectivity index (χ4n) is 3.50. The highest BCUT2D eigenvalue weighted by atomic mass is 16.6. The number of benzene rings is 1. The van der Waals surface area contributed by atoms with E-state index in [0.29, 0.717) is 30.7 Å². The van der Waals surface area contributed by atoms with Crippen molar-refractivity contribution in [2.24, 2.45) is 11.8 Å². The summed E-state index contributed by atoms with van der Waals surface area (Å²) >= 11 is 0. The van der Waals surface area contributed by atoms with Crippen LogP contribution in [0.3, 0.4) is 0 Å². The lowest BCUT2D eigenvalue weighted by atomic mass is 9.78. The Kier molecular flexibility index (Phi) is 8.38. The molecule has 160 valence electrons. The first kappa shape index (κ1) is 22.6. The summed E-state index contributed by atoms with van der Waals surface area (Å²) < 4.78 is 10.1. The quantitative estimate of drug-likeness (QED) is 0.279. The Morgan fingerprint density at radius 2 is 2.03 bits per heavy atom. The van der Waals surface area contributed by atoms with Crippen molar-refractivity contribution in [3.05, 3.63) is 33.9 Å². The van der Waals surface area contributed by atoms with Crippen LogP contribution in [0, 0.1) is 22.0 Å². The lowest BCUT2D eigenvalue weighted by Crippen LogP contribution is -2.45. The summed E-state index contributed by atoms with van der Waals surface area (Å²) in [7, 11) is 1.54. The van der Waals surface area contributed by atoms with Gasteiger partial charge in [-0.3, -0.25) is 14.9 Å². The predicted octanol–water partition coefficient (Wildman–Crippen LogP) is 2.75. The number of methoxy groups -OCH3 is 1. The summed E-state index contributed by atoms with van der Waals surface area (Å²) in [6.45, 7) is 4.65. The number of amides is 1. The third-order valence-corrected chi connectivity index (χ3v) is 5.44. The molecule has 0 unspecified atom stereocenters. The van der Waals surface area contributed by atoms with E-state index in [1.807, 2.05) is 0 Å². The number of anilines is 1. The SMILES string of the molecule is COCCNc1ccc([N+](=O)[O-])cc1C(=O)OCC(=O)N[C@H]1CCC[C@@H](C)[C@H]1C. The number of ether oxygens (including phenoxy) is 2. The predicted molar refractivity (Wildman–Crippen MR) is 108 cm³/mol. The molecule has 1 aliphatic carbocycles. The normalized spacial score (nSPS) is 21.3. The van der Waals surface area contributed by atoms with Crippen LogP contribution in [0.1, 0.15) is 43.5 Å². The molecule has 0 aliphatic heterocycles. The minimum absolute atomic E-state index is 0.00256. The molecule has 0 saturated heterocycles. The summed E-state index contributed by atoms with van der Waals surface area (Å²) in [5.41, 5.74) is 0.152. The second-order valence-corrected chi connectivity index (χ2v) is 7.42. The summed E-state index contributed by atoms with van der Waals surface area (Å²) in [6, 6.07) is 3.94. The lowest BCUT2D eigenvalue weighted by molar-refractivity contribution is -0.384. The second kappa shape index (κ2) is 10.8. The van der Waals surface area contributed by atoms with Gasteiger partial charge in [-0.15, -0.1) is 0 Å². The topological polar surface area (TPSA) is 120 Å². The number of rotatable bonds is 9. The molecule has 0 heterocycles. The molecular weight excluding hydrogens is 378 g/mol. The molecule has 0 spiro atoms. The number of nitrogens with zero attached hydrogens (tertiary/aromatic N) is 1. The van der Waals surface area contributed by atoms with E-state index < -0.39 is 17.5 Å². The maximum atomic E-state index is 12.5. The van der Waals surface area contributed by atoms with Crippen LogP contribution in [0.2, 0.25) is 0 Å². The van der Waals surface area contributed by atoms with E-state index in [4.69, 9.17) is 9.47 Å². The highest BCUT2D eigenvalue weighted by Crippen LogP contribution is 2.29. The molecule has 1 aliphatic rings. The number of non-ortho nitro benzene ring substituents is 1. The molecular formula is C20H29N3O6. The number of hydrogen-bond donors (Lipinski definition) is 2. The summed E-state index contributed by atoms with van der Waals surface area (Å²) in [4.78, 5) is 35.2. The number of nitrogens with one attached hydrogen (secondary N) is 2. The van der Waals surface area contributed by atoms with Gasteiger partial charge < -0.3 is 20.1 Å². The maximum absolute atomic E-state index is 12.5. The zero-order valence-electron chi connectivity index (χ0n) is 17.1. The Hall–Kier alpha value is -2.68. The highest BCUT2D eigenvalue weighted by molar-refractivity contribution is 5.97. The van der Waals surface area contributed by atoms with Crippen molar-refractivity contribution in [1.29, 1.82) is 0 Å². The van der Waals surface area contributed by atoms with Crippen molar-refractivity contribution in [3.8, 4) is 0 Å². The monoisotopic (exact) mass is 407 g/mol. The van der Waals surface area contributed by atoms with Gasteiger partial charge in [0.15, 0.2) is 6.61 Å². The molecule has 1 aromatic carbocycles. The average Bonchev–Trinajstić information content (AvgIpc) is 2.70. The van der Waals surface area contributed by atoms with Gasteiger partial charge in [0, 0.05) is 37.5 Å². The fraction of sp³-hybridized carbons (Fsp3) is 0.600. The highest BCUT2D eigenvalue weighted by Gasteiger charge is 2.28.